The van der Waals surface area contributed by atoms with E-state index in [9.17, 15) is 13.2 Å². The zero-order chi connectivity index (χ0) is 15.3. The first kappa shape index (κ1) is 19.7. The van der Waals surface area contributed by atoms with Crippen molar-refractivity contribution in [3.05, 3.63) is 23.8 Å². The zero-order valence-electron chi connectivity index (χ0n) is 12.1. The summed E-state index contributed by atoms with van der Waals surface area (Å²) in [4.78, 5) is 13.6. The van der Waals surface area contributed by atoms with E-state index >= 15 is 0 Å². The predicted molar refractivity (Wildman–Crippen MR) is 82.5 cm³/mol. The van der Waals surface area contributed by atoms with Crippen molar-refractivity contribution in [1.82, 2.24) is 10.2 Å². The molecule has 0 saturated carbocycles. The van der Waals surface area contributed by atoms with Crippen LogP contribution < -0.4 is 15.2 Å². The Morgan fingerprint density at radius 3 is 2.52 bits per heavy atom. The maximum absolute atomic E-state index is 12.3. The summed E-state index contributed by atoms with van der Waals surface area (Å²) in [5, 5.41) is 8.00. The van der Waals surface area contributed by atoms with Crippen molar-refractivity contribution < 1.29 is 17.9 Å². The topological polar surface area (TPSA) is 102 Å². The Hall–Kier alpha value is -1.35. The van der Waals surface area contributed by atoms with Crippen molar-refractivity contribution in [2.45, 2.75) is 4.90 Å². The molecule has 0 radical (unpaired) electrons. The lowest BCUT2D eigenvalue weighted by Gasteiger charge is -2.18. The molecule has 0 aliphatic rings. The number of primary sulfonamides is 1. The number of carbonyl (C=O) groups is 1. The number of nitrogens with two attached hydrogens (primary N) is 1. The number of hydrogen-bond donors (Lipinski definition) is 2. The van der Waals surface area contributed by atoms with Crippen molar-refractivity contribution in [3.8, 4) is 5.75 Å². The number of methoxy groups -OCH3 is 1. The predicted octanol–water partition coefficient (Wildman–Crippen LogP) is 0.0558. The molecule has 0 aliphatic heterocycles. The van der Waals surface area contributed by atoms with Crippen LogP contribution in [0.3, 0.4) is 0 Å². The average molecular weight is 338 g/mol. The van der Waals surface area contributed by atoms with E-state index in [1.54, 1.807) is 14.1 Å². The van der Waals surface area contributed by atoms with E-state index in [0.717, 1.165) is 0 Å². The Balaban J connectivity index is 0.00000400. The number of nitrogens with one attached hydrogen (secondary N) is 1. The van der Waals surface area contributed by atoms with Gasteiger partial charge >= 0.3 is 0 Å². The first-order valence-corrected chi connectivity index (χ1v) is 7.46. The lowest BCUT2D eigenvalue weighted by molar-refractivity contribution is 0.0793. The zero-order valence-corrected chi connectivity index (χ0v) is 13.8. The lowest BCUT2D eigenvalue weighted by Crippen LogP contribution is -2.33. The fourth-order valence-corrected chi connectivity index (χ4v) is 2.16. The van der Waals surface area contributed by atoms with Gasteiger partial charge in [-0.25, -0.2) is 13.6 Å². The molecule has 0 aliphatic carbocycles. The Labute approximate surface area is 130 Å². The third kappa shape index (κ3) is 5.16. The number of carbonyl (C=O) groups excluding carboxylic acids is 1. The van der Waals surface area contributed by atoms with Gasteiger partial charge in [-0.05, 0) is 25.2 Å². The van der Waals surface area contributed by atoms with Gasteiger partial charge in [0.2, 0.25) is 10.0 Å². The van der Waals surface area contributed by atoms with Crippen LogP contribution in [0.15, 0.2) is 23.1 Å². The Morgan fingerprint density at radius 2 is 2.05 bits per heavy atom. The van der Waals surface area contributed by atoms with Crippen molar-refractivity contribution >= 4 is 28.3 Å². The average Bonchev–Trinajstić information content (AvgIpc) is 2.42. The summed E-state index contributed by atoms with van der Waals surface area (Å²) in [5.41, 5.74) is 0.164. The van der Waals surface area contributed by atoms with Crippen molar-refractivity contribution in [3.63, 3.8) is 0 Å². The third-order valence-electron chi connectivity index (χ3n) is 2.77. The van der Waals surface area contributed by atoms with Crippen LogP contribution in [0.1, 0.15) is 10.4 Å². The molecule has 1 aromatic carbocycles. The number of likely N-dealkylation sites (N-methyl/N-ethyl adjacent to an activating group) is 2. The van der Waals surface area contributed by atoms with Crippen LogP contribution in [0.2, 0.25) is 0 Å². The van der Waals surface area contributed by atoms with Gasteiger partial charge < -0.3 is 15.0 Å². The summed E-state index contributed by atoms with van der Waals surface area (Å²) in [5.74, 6) is -0.0266. The SMILES string of the molecule is CNCCN(C)C(=O)c1cc(S(N)(=O)=O)ccc1OC.Cl. The van der Waals surface area contributed by atoms with E-state index in [4.69, 9.17) is 9.88 Å². The highest BCUT2D eigenvalue weighted by Gasteiger charge is 2.19. The summed E-state index contributed by atoms with van der Waals surface area (Å²) in [6, 6.07) is 3.95. The number of ether oxygens (including phenoxy) is 1. The number of rotatable bonds is 6. The molecule has 0 atom stereocenters. The summed E-state index contributed by atoms with van der Waals surface area (Å²) >= 11 is 0. The van der Waals surface area contributed by atoms with Gasteiger partial charge in [0.25, 0.3) is 5.91 Å². The molecule has 0 saturated heterocycles. The highest BCUT2D eigenvalue weighted by Crippen LogP contribution is 2.23. The molecular weight excluding hydrogens is 318 g/mol. The fraction of sp³-hybridized carbons (Fsp3) is 0.417. The largest absolute Gasteiger partial charge is 0.496 e. The van der Waals surface area contributed by atoms with E-state index < -0.39 is 10.0 Å². The van der Waals surface area contributed by atoms with E-state index in [1.165, 1.54) is 30.2 Å². The van der Waals surface area contributed by atoms with Crippen molar-refractivity contribution in [2.75, 3.05) is 34.3 Å². The van der Waals surface area contributed by atoms with Gasteiger partial charge in [-0.1, -0.05) is 0 Å². The maximum atomic E-state index is 12.3. The highest BCUT2D eigenvalue weighted by molar-refractivity contribution is 7.89. The fourth-order valence-electron chi connectivity index (χ4n) is 1.62. The molecule has 1 aromatic rings. The van der Waals surface area contributed by atoms with Gasteiger partial charge in [-0.2, -0.15) is 0 Å². The molecule has 1 rings (SSSR count). The van der Waals surface area contributed by atoms with Gasteiger partial charge in [0, 0.05) is 20.1 Å². The summed E-state index contributed by atoms with van der Waals surface area (Å²) in [7, 11) is 0.954. The van der Waals surface area contributed by atoms with Crippen LogP contribution in [-0.4, -0.2) is 53.5 Å². The number of nitrogens with zero attached hydrogens (tertiary/aromatic N) is 1. The molecule has 7 nitrogen and oxygen atoms in total. The molecule has 21 heavy (non-hydrogen) atoms. The third-order valence-corrected chi connectivity index (χ3v) is 3.68. The molecule has 0 heterocycles. The molecule has 0 bridgehead atoms. The van der Waals surface area contributed by atoms with Crippen LogP contribution in [0.5, 0.6) is 5.75 Å². The summed E-state index contributed by atoms with van der Waals surface area (Å²) in [6.45, 7) is 1.11. The van der Waals surface area contributed by atoms with Crippen LogP contribution in [-0.2, 0) is 10.0 Å². The number of benzene rings is 1. The minimum atomic E-state index is -3.87. The summed E-state index contributed by atoms with van der Waals surface area (Å²) in [6.07, 6.45) is 0. The monoisotopic (exact) mass is 337 g/mol. The van der Waals surface area contributed by atoms with Gasteiger partial charge in [-0.3, -0.25) is 4.79 Å². The van der Waals surface area contributed by atoms with E-state index in [0.29, 0.717) is 18.8 Å². The molecular formula is C12H20ClN3O4S. The minimum Gasteiger partial charge on any atom is -0.496 e. The summed E-state index contributed by atoms with van der Waals surface area (Å²) < 4.78 is 27.8. The van der Waals surface area contributed by atoms with Gasteiger partial charge in [0.1, 0.15) is 5.75 Å². The standard InChI is InChI=1S/C12H19N3O4S.ClH/c1-14-6-7-15(2)12(16)10-8-9(20(13,17)18)4-5-11(10)19-3;/h4-5,8,14H,6-7H2,1-3H3,(H2,13,17,18);1H. The van der Waals surface area contributed by atoms with Gasteiger partial charge in [0.05, 0.1) is 17.6 Å². The van der Waals surface area contributed by atoms with Crippen molar-refractivity contribution in [2.24, 2.45) is 5.14 Å². The highest BCUT2D eigenvalue weighted by atomic mass is 35.5. The molecule has 1 amide bonds. The number of halogens is 1. The first-order valence-electron chi connectivity index (χ1n) is 5.92. The number of hydrogen-bond acceptors (Lipinski definition) is 5. The second-order valence-corrected chi connectivity index (χ2v) is 5.80. The van der Waals surface area contributed by atoms with Crippen LogP contribution in [0.4, 0.5) is 0 Å². The number of amides is 1. The Morgan fingerprint density at radius 1 is 1.43 bits per heavy atom. The molecule has 9 heteroatoms. The Bertz CT molecular complexity index is 592. The normalized spacial score (nSPS) is 10.7. The minimum absolute atomic E-state index is 0. The smallest absolute Gasteiger partial charge is 0.257 e. The second kappa shape index (κ2) is 8.18. The van der Waals surface area contributed by atoms with Crippen LogP contribution in [0, 0.1) is 0 Å². The second-order valence-electron chi connectivity index (χ2n) is 4.24. The van der Waals surface area contributed by atoms with Crippen LogP contribution >= 0.6 is 12.4 Å². The van der Waals surface area contributed by atoms with Crippen LogP contribution in [0.25, 0.3) is 0 Å². The maximum Gasteiger partial charge on any atom is 0.257 e. The molecule has 0 spiro atoms. The van der Waals surface area contributed by atoms with E-state index in [1.807, 2.05) is 0 Å². The van der Waals surface area contributed by atoms with Crippen molar-refractivity contribution in [1.29, 1.82) is 0 Å². The molecule has 0 unspecified atom stereocenters. The van der Waals surface area contributed by atoms with Gasteiger partial charge in [0.15, 0.2) is 0 Å². The lowest BCUT2D eigenvalue weighted by atomic mass is 10.1. The molecule has 3 N–H and O–H groups in total. The molecule has 0 fully saturated rings. The quantitative estimate of drug-likeness (QED) is 0.764. The molecule has 120 valence electrons. The number of sulfonamides is 1. The Kier molecular flexibility index (Phi) is 7.65. The van der Waals surface area contributed by atoms with E-state index in [-0.39, 0.29) is 28.8 Å². The van der Waals surface area contributed by atoms with E-state index in [2.05, 4.69) is 5.32 Å². The first-order chi connectivity index (χ1) is 9.31. The molecule has 0 aromatic heterocycles. The van der Waals surface area contributed by atoms with Gasteiger partial charge in [-0.15, -0.1) is 12.4 Å².